The van der Waals surface area contributed by atoms with Gasteiger partial charge in [0, 0.05) is 16.5 Å². The molecular formula is C35H30BN. The minimum atomic E-state index is 0.257. The number of rotatable bonds is 2. The molecule has 0 atom stereocenters. The molecule has 0 spiro atoms. The van der Waals surface area contributed by atoms with Gasteiger partial charge < -0.3 is 4.57 Å². The highest BCUT2D eigenvalue weighted by molar-refractivity contribution is 6.97. The van der Waals surface area contributed by atoms with E-state index in [0.29, 0.717) is 0 Å². The molecule has 5 aromatic carbocycles. The van der Waals surface area contributed by atoms with E-state index in [9.17, 15) is 0 Å². The highest BCUT2D eigenvalue weighted by atomic mass is 15.0. The average Bonchev–Trinajstić information content (AvgIpc) is 3.22. The Labute approximate surface area is 219 Å². The van der Waals surface area contributed by atoms with Gasteiger partial charge in [-0.25, -0.2) is 0 Å². The van der Waals surface area contributed by atoms with Crippen LogP contribution in [0.5, 0.6) is 0 Å². The Morgan fingerprint density at radius 2 is 1.05 bits per heavy atom. The number of aryl methyl sites for hydroxylation is 4. The standard InChI is InChI=1S/C35H30BN/c1-22-17-24(3)34-26(19-22)21-27-20-23(2)18-25(4)35(27)36(34)28-13-15-29(16-14-28)37-32-11-7-5-9-30(32)31-10-6-8-12-33(31)37/h5-20H,21H2,1-4H3. The van der Waals surface area contributed by atoms with Crippen molar-refractivity contribution in [2.24, 2.45) is 0 Å². The molecule has 0 bridgehead atoms. The highest BCUT2D eigenvalue weighted by Crippen LogP contribution is 2.31. The minimum Gasteiger partial charge on any atom is -0.309 e. The van der Waals surface area contributed by atoms with E-state index in [1.54, 1.807) is 0 Å². The van der Waals surface area contributed by atoms with Crippen LogP contribution in [0.25, 0.3) is 27.5 Å². The van der Waals surface area contributed by atoms with Gasteiger partial charge in [-0.2, -0.15) is 0 Å². The average molecular weight is 475 g/mol. The first-order chi connectivity index (χ1) is 18.0. The zero-order valence-corrected chi connectivity index (χ0v) is 22.0. The molecule has 7 rings (SSSR count). The second-order valence-electron chi connectivity index (χ2n) is 10.9. The molecule has 0 aliphatic carbocycles. The number of nitrogens with zero attached hydrogens (tertiary/aromatic N) is 1. The van der Waals surface area contributed by atoms with Crippen molar-refractivity contribution in [3.8, 4) is 5.69 Å². The largest absolute Gasteiger partial charge is 0.309 e. The summed E-state index contributed by atoms with van der Waals surface area (Å²) in [6, 6.07) is 36.3. The molecule has 2 heteroatoms. The van der Waals surface area contributed by atoms with E-state index in [4.69, 9.17) is 0 Å². The predicted octanol–water partition coefficient (Wildman–Crippen LogP) is 6.44. The fraction of sp³-hybridized carbons (Fsp3) is 0.143. The Morgan fingerprint density at radius 1 is 0.568 bits per heavy atom. The number of hydrogen-bond donors (Lipinski definition) is 0. The molecule has 0 N–H and O–H groups in total. The smallest absolute Gasteiger partial charge is 0.242 e. The fourth-order valence-electron chi connectivity index (χ4n) is 6.95. The minimum absolute atomic E-state index is 0.257. The molecule has 1 aromatic heterocycles. The monoisotopic (exact) mass is 475 g/mol. The Hall–Kier alpha value is -4.04. The van der Waals surface area contributed by atoms with Crippen molar-refractivity contribution in [1.82, 2.24) is 4.57 Å². The Bertz CT molecular complexity index is 1730. The molecule has 1 aliphatic rings. The molecule has 178 valence electrons. The molecule has 2 heterocycles. The summed E-state index contributed by atoms with van der Waals surface area (Å²) in [7, 11) is 0. The summed E-state index contributed by atoms with van der Waals surface area (Å²) in [5.41, 5.74) is 16.5. The van der Waals surface area contributed by atoms with Gasteiger partial charge in [0.05, 0.1) is 11.0 Å². The van der Waals surface area contributed by atoms with Crippen LogP contribution in [-0.4, -0.2) is 11.3 Å². The van der Waals surface area contributed by atoms with E-state index in [1.807, 2.05) is 0 Å². The number of aromatic nitrogens is 1. The van der Waals surface area contributed by atoms with Crippen LogP contribution in [0.3, 0.4) is 0 Å². The lowest BCUT2D eigenvalue weighted by molar-refractivity contribution is 1.16. The van der Waals surface area contributed by atoms with Crippen molar-refractivity contribution in [3.05, 3.63) is 130 Å². The molecule has 1 aliphatic heterocycles. The molecule has 0 fully saturated rings. The van der Waals surface area contributed by atoms with E-state index in [2.05, 4.69) is 129 Å². The zero-order valence-electron chi connectivity index (χ0n) is 22.0. The van der Waals surface area contributed by atoms with E-state index >= 15 is 0 Å². The maximum Gasteiger partial charge on any atom is 0.242 e. The number of fused-ring (bicyclic) bond motifs is 5. The van der Waals surface area contributed by atoms with Crippen LogP contribution in [0.4, 0.5) is 0 Å². The van der Waals surface area contributed by atoms with E-state index in [-0.39, 0.29) is 6.71 Å². The van der Waals surface area contributed by atoms with Gasteiger partial charge in [0.2, 0.25) is 6.71 Å². The van der Waals surface area contributed by atoms with Gasteiger partial charge >= 0.3 is 0 Å². The number of hydrogen-bond acceptors (Lipinski definition) is 0. The lowest BCUT2D eigenvalue weighted by Crippen LogP contribution is -2.58. The third-order valence-electron chi connectivity index (χ3n) is 8.26. The summed E-state index contributed by atoms with van der Waals surface area (Å²) in [5, 5.41) is 2.60. The molecular weight excluding hydrogens is 445 g/mol. The van der Waals surface area contributed by atoms with Crippen molar-refractivity contribution in [1.29, 1.82) is 0 Å². The molecule has 0 amide bonds. The first kappa shape index (κ1) is 22.2. The van der Waals surface area contributed by atoms with Gasteiger partial charge in [0.15, 0.2) is 0 Å². The predicted molar refractivity (Wildman–Crippen MR) is 160 cm³/mol. The summed E-state index contributed by atoms with van der Waals surface area (Å²) < 4.78 is 2.40. The van der Waals surface area contributed by atoms with Gasteiger partial charge in [-0.1, -0.05) is 111 Å². The van der Waals surface area contributed by atoms with E-state index in [0.717, 1.165) is 6.42 Å². The molecule has 6 aromatic rings. The van der Waals surface area contributed by atoms with Crippen LogP contribution in [-0.2, 0) is 6.42 Å². The number of para-hydroxylation sites is 2. The van der Waals surface area contributed by atoms with Crippen molar-refractivity contribution < 1.29 is 0 Å². The van der Waals surface area contributed by atoms with Crippen molar-refractivity contribution in [2.75, 3.05) is 0 Å². The maximum atomic E-state index is 2.41. The van der Waals surface area contributed by atoms with Crippen LogP contribution in [0.15, 0.2) is 97.1 Å². The lowest BCUT2D eigenvalue weighted by atomic mass is 9.32. The summed E-state index contributed by atoms with van der Waals surface area (Å²) in [6.07, 6.45) is 1.02. The summed E-state index contributed by atoms with van der Waals surface area (Å²) >= 11 is 0. The first-order valence-corrected chi connectivity index (χ1v) is 13.3. The quantitative estimate of drug-likeness (QED) is 0.254. The van der Waals surface area contributed by atoms with Crippen LogP contribution in [0.1, 0.15) is 33.4 Å². The zero-order chi connectivity index (χ0) is 25.3. The summed E-state index contributed by atoms with van der Waals surface area (Å²) in [4.78, 5) is 0. The summed E-state index contributed by atoms with van der Waals surface area (Å²) in [5.74, 6) is 0. The van der Waals surface area contributed by atoms with Crippen LogP contribution in [0, 0.1) is 27.7 Å². The van der Waals surface area contributed by atoms with Gasteiger partial charge in [-0.3, -0.25) is 0 Å². The molecule has 0 unspecified atom stereocenters. The van der Waals surface area contributed by atoms with Gasteiger partial charge in [0.1, 0.15) is 0 Å². The second kappa shape index (κ2) is 8.25. The van der Waals surface area contributed by atoms with Gasteiger partial charge in [0.25, 0.3) is 0 Å². The second-order valence-corrected chi connectivity index (χ2v) is 10.9. The Kier molecular flexibility index (Phi) is 4.94. The van der Waals surface area contributed by atoms with E-state index in [1.165, 1.54) is 77.3 Å². The van der Waals surface area contributed by atoms with Crippen molar-refractivity contribution in [3.63, 3.8) is 0 Å². The normalized spacial score (nSPS) is 12.7. The van der Waals surface area contributed by atoms with Crippen LogP contribution >= 0.6 is 0 Å². The Balaban J connectivity index is 1.43. The molecule has 0 radical (unpaired) electrons. The molecule has 0 saturated carbocycles. The van der Waals surface area contributed by atoms with Crippen molar-refractivity contribution in [2.45, 2.75) is 34.1 Å². The molecule has 1 nitrogen and oxygen atoms in total. The van der Waals surface area contributed by atoms with E-state index < -0.39 is 0 Å². The molecule has 37 heavy (non-hydrogen) atoms. The van der Waals surface area contributed by atoms with Crippen molar-refractivity contribution >= 4 is 44.9 Å². The van der Waals surface area contributed by atoms with Gasteiger partial charge in [-0.15, -0.1) is 0 Å². The van der Waals surface area contributed by atoms with Crippen LogP contribution < -0.4 is 16.4 Å². The third-order valence-corrected chi connectivity index (χ3v) is 8.26. The summed E-state index contributed by atoms with van der Waals surface area (Å²) in [6.45, 7) is 9.28. The molecule has 0 saturated heterocycles. The maximum absolute atomic E-state index is 2.41. The topological polar surface area (TPSA) is 4.93 Å². The Morgan fingerprint density at radius 3 is 1.57 bits per heavy atom. The SMILES string of the molecule is Cc1cc(C)c2c(c1)Cc1cc(C)cc(C)c1B2c1ccc(-n2c3ccccc3c3ccccc32)cc1. The highest BCUT2D eigenvalue weighted by Gasteiger charge is 2.33. The fourth-order valence-corrected chi connectivity index (χ4v) is 6.95. The van der Waals surface area contributed by atoms with Crippen LogP contribution in [0.2, 0.25) is 0 Å². The third kappa shape index (κ3) is 3.39. The van der Waals surface area contributed by atoms with Gasteiger partial charge in [-0.05, 0) is 69.5 Å². The first-order valence-electron chi connectivity index (χ1n) is 13.3. The lowest BCUT2D eigenvalue weighted by Gasteiger charge is -2.31. The number of benzene rings is 5.